The van der Waals surface area contributed by atoms with Gasteiger partial charge < -0.3 is 4.74 Å². The molecule has 1 aromatic carbocycles. The molecule has 0 atom stereocenters. The molecule has 0 radical (unpaired) electrons. The van der Waals surface area contributed by atoms with Gasteiger partial charge in [0.25, 0.3) is 5.91 Å². The molecule has 1 aromatic rings. The van der Waals surface area contributed by atoms with Crippen LogP contribution in [0.4, 0.5) is 5.69 Å². The maximum absolute atomic E-state index is 12.6. The number of benzene rings is 1. The predicted molar refractivity (Wildman–Crippen MR) is 82.8 cm³/mol. The molecule has 1 aliphatic carbocycles. The smallest absolute Gasteiger partial charge is 0.304 e. The summed E-state index contributed by atoms with van der Waals surface area (Å²) in [6.07, 6.45) is 9.81. The monoisotopic (exact) mass is 280 g/mol. The van der Waals surface area contributed by atoms with Crippen molar-refractivity contribution < 1.29 is 9.53 Å². The first-order valence-electron chi connectivity index (χ1n) is 6.97. The highest BCUT2D eigenvalue weighted by molar-refractivity contribution is 6.25. The highest BCUT2D eigenvalue weighted by Crippen LogP contribution is 2.25. The molecule has 0 aromatic heterocycles. The summed E-state index contributed by atoms with van der Waals surface area (Å²) in [6, 6.07) is 9.75. The lowest BCUT2D eigenvalue weighted by Crippen LogP contribution is -2.33. The zero-order valence-corrected chi connectivity index (χ0v) is 11.8. The van der Waals surface area contributed by atoms with Gasteiger partial charge in [-0.2, -0.15) is 4.99 Å². The third kappa shape index (κ3) is 2.65. The first-order valence-corrected chi connectivity index (χ1v) is 6.97. The summed E-state index contributed by atoms with van der Waals surface area (Å²) in [4.78, 5) is 18.4. The molecule has 1 heterocycles. The van der Waals surface area contributed by atoms with E-state index in [0.717, 1.165) is 5.69 Å². The lowest BCUT2D eigenvalue weighted by atomic mass is 10.1. The normalized spacial score (nSPS) is 19.7. The van der Waals surface area contributed by atoms with Gasteiger partial charge in [-0.15, -0.1) is 0 Å². The third-order valence-corrected chi connectivity index (χ3v) is 3.25. The fraction of sp³-hybridized carbons (Fsp3) is 0.176. The Hall–Kier alpha value is -2.62. The number of aliphatic imine (C=N–C) groups is 1. The van der Waals surface area contributed by atoms with Gasteiger partial charge in [-0.3, -0.25) is 4.79 Å². The van der Waals surface area contributed by atoms with E-state index in [4.69, 9.17) is 4.74 Å². The Labute approximate surface area is 123 Å². The van der Waals surface area contributed by atoms with Crippen LogP contribution >= 0.6 is 0 Å². The Morgan fingerprint density at radius 1 is 1.24 bits per heavy atom. The number of carbonyl (C=O) groups excluding carboxylic acids is 1. The van der Waals surface area contributed by atoms with Gasteiger partial charge in [0.2, 0.25) is 0 Å². The topological polar surface area (TPSA) is 41.9 Å². The second kappa shape index (κ2) is 5.79. The number of para-hydroxylation sites is 1. The molecular formula is C17H16N2O2. The van der Waals surface area contributed by atoms with Crippen LogP contribution in [0.1, 0.15) is 6.92 Å². The molecule has 4 heteroatoms. The van der Waals surface area contributed by atoms with Gasteiger partial charge in [0.15, 0.2) is 0 Å². The van der Waals surface area contributed by atoms with Crippen LogP contribution in [0.15, 0.2) is 71.4 Å². The molecule has 0 bridgehead atoms. The van der Waals surface area contributed by atoms with Crippen LogP contribution in [0.2, 0.25) is 0 Å². The van der Waals surface area contributed by atoms with E-state index in [-0.39, 0.29) is 11.8 Å². The molecule has 0 N–H and O–H groups in total. The zero-order valence-electron chi connectivity index (χ0n) is 11.8. The summed E-state index contributed by atoms with van der Waals surface area (Å²) in [5.74, 6) is -0.0374. The summed E-state index contributed by atoms with van der Waals surface area (Å²) in [6.45, 7) is 2.34. The molecule has 0 unspecified atom stereocenters. The Morgan fingerprint density at radius 3 is 2.62 bits per heavy atom. The van der Waals surface area contributed by atoms with E-state index < -0.39 is 0 Å². The van der Waals surface area contributed by atoms with Crippen LogP contribution in [-0.4, -0.2) is 18.5 Å². The number of allylic oxidation sites excluding steroid dienone is 5. The van der Waals surface area contributed by atoms with Gasteiger partial charge in [-0.1, -0.05) is 42.5 Å². The second-order valence-electron chi connectivity index (χ2n) is 4.70. The number of carbonyl (C=O) groups is 1. The molecule has 2 aliphatic rings. The van der Waals surface area contributed by atoms with Crippen molar-refractivity contribution in [3.63, 3.8) is 0 Å². The maximum atomic E-state index is 12.6. The van der Waals surface area contributed by atoms with Crippen LogP contribution in [0, 0.1) is 5.92 Å². The van der Waals surface area contributed by atoms with E-state index in [1.165, 1.54) is 4.90 Å². The number of hydrogen-bond acceptors (Lipinski definition) is 3. The highest BCUT2D eigenvalue weighted by atomic mass is 16.5. The van der Waals surface area contributed by atoms with Crippen LogP contribution < -0.4 is 4.90 Å². The maximum Gasteiger partial charge on any atom is 0.304 e. The van der Waals surface area contributed by atoms with E-state index in [0.29, 0.717) is 18.3 Å². The van der Waals surface area contributed by atoms with Crippen LogP contribution in [0.25, 0.3) is 0 Å². The van der Waals surface area contributed by atoms with E-state index in [1.54, 1.807) is 0 Å². The molecule has 0 fully saturated rings. The standard InChI is InChI=1S/C17H16N2O2/c1-2-21-17-18-15(12-13-8-6-7-9-13)16(20)19(17)14-10-4-3-5-11-14/h3-13H,2H2,1H3/b15-12-. The lowest BCUT2D eigenvalue weighted by Gasteiger charge is -2.17. The van der Waals surface area contributed by atoms with Crippen LogP contribution in [0.3, 0.4) is 0 Å². The Morgan fingerprint density at radius 2 is 1.95 bits per heavy atom. The average Bonchev–Trinajstić information content (AvgIpc) is 3.10. The average molecular weight is 280 g/mol. The molecule has 4 nitrogen and oxygen atoms in total. The van der Waals surface area contributed by atoms with Crippen LogP contribution in [-0.2, 0) is 9.53 Å². The minimum atomic E-state index is -0.154. The van der Waals surface area contributed by atoms with Gasteiger partial charge in [-0.25, -0.2) is 4.90 Å². The molecular weight excluding hydrogens is 264 g/mol. The first-order chi connectivity index (χ1) is 10.3. The summed E-state index contributed by atoms with van der Waals surface area (Å²) in [5.41, 5.74) is 1.18. The molecule has 0 saturated carbocycles. The number of hydrogen-bond donors (Lipinski definition) is 0. The largest absolute Gasteiger partial charge is 0.465 e. The van der Waals surface area contributed by atoms with Gasteiger partial charge in [0, 0.05) is 5.92 Å². The minimum absolute atomic E-state index is 0.117. The van der Waals surface area contributed by atoms with Crippen molar-refractivity contribution in [3.05, 3.63) is 66.4 Å². The van der Waals surface area contributed by atoms with E-state index in [2.05, 4.69) is 4.99 Å². The number of rotatable bonds is 3. The van der Waals surface area contributed by atoms with E-state index >= 15 is 0 Å². The van der Waals surface area contributed by atoms with Crippen molar-refractivity contribution in [1.29, 1.82) is 0 Å². The Bertz CT molecular complexity index is 645. The summed E-state index contributed by atoms with van der Waals surface area (Å²) in [7, 11) is 0. The van der Waals surface area contributed by atoms with Gasteiger partial charge in [0.1, 0.15) is 5.70 Å². The van der Waals surface area contributed by atoms with E-state index in [9.17, 15) is 4.79 Å². The Kier molecular flexibility index (Phi) is 3.69. The summed E-state index contributed by atoms with van der Waals surface area (Å²) < 4.78 is 5.51. The van der Waals surface area contributed by atoms with Crippen molar-refractivity contribution >= 4 is 17.6 Å². The molecule has 3 rings (SSSR count). The summed E-state index contributed by atoms with van der Waals surface area (Å²) in [5, 5.41) is 0. The predicted octanol–water partition coefficient (Wildman–Crippen LogP) is 3.05. The highest BCUT2D eigenvalue weighted by Gasteiger charge is 2.33. The number of amides is 1. The second-order valence-corrected chi connectivity index (χ2v) is 4.70. The Balaban J connectivity index is 1.94. The van der Waals surface area contributed by atoms with Crippen molar-refractivity contribution in [1.82, 2.24) is 0 Å². The zero-order chi connectivity index (χ0) is 14.7. The SMILES string of the molecule is CCOC1=N/C(=C\C2C=CC=C2)C(=O)N1c1ccccc1. The molecule has 1 amide bonds. The van der Waals surface area contributed by atoms with E-state index in [1.807, 2.05) is 67.6 Å². The first kappa shape index (κ1) is 13.4. The van der Waals surface area contributed by atoms with Crippen molar-refractivity contribution in [2.24, 2.45) is 10.9 Å². The van der Waals surface area contributed by atoms with Crippen molar-refractivity contribution in [2.75, 3.05) is 11.5 Å². The van der Waals surface area contributed by atoms with Crippen molar-refractivity contribution in [2.45, 2.75) is 6.92 Å². The lowest BCUT2D eigenvalue weighted by molar-refractivity contribution is -0.114. The van der Waals surface area contributed by atoms with Crippen LogP contribution in [0.5, 0.6) is 0 Å². The quantitative estimate of drug-likeness (QED) is 0.799. The molecule has 21 heavy (non-hydrogen) atoms. The minimum Gasteiger partial charge on any atom is -0.465 e. The fourth-order valence-electron chi connectivity index (χ4n) is 2.28. The summed E-state index contributed by atoms with van der Waals surface area (Å²) >= 11 is 0. The van der Waals surface area contributed by atoms with Crippen molar-refractivity contribution in [3.8, 4) is 0 Å². The van der Waals surface area contributed by atoms with Gasteiger partial charge in [-0.05, 0) is 25.1 Å². The third-order valence-electron chi connectivity index (χ3n) is 3.25. The number of ether oxygens (including phenoxy) is 1. The van der Waals surface area contributed by atoms with Gasteiger partial charge >= 0.3 is 6.02 Å². The molecule has 1 aliphatic heterocycles. The fourth-order valence-corrected chi connectivity index (χ4v) is 2.28. The number of nitrogens with zero attached hydrogens (tertiary/aromatic N) is 2. The number of anilines is 1. The van der Waals surface area contributed by atoms with Gasteiger partial charge in [0.05, 0.1) is 12.3 Å². The molecule has 0 saturated heterocycles. The number of amidine groups is 1. The molecule has 0 spiro atoms. The molecule has 106 valence electrons.